The van der Waals surface area contributed by atoms with Crippen LogP contribution in [0.5, 0.6) is 0 Å². The van der Waals surface area contributed by atoms with E-state index in [9.17, 15) is 10.1 Å². The summed E-state index contributed by atoms with van der Waals surface area (Å²) in [4.78, 5) is 22.2. The smallest absolute Gasteiger partial charge is 0.260 e. The number of aryl methyl sites for hydroxylation is 2. The summed E-state index contributed by atoms with van der Waals surface area (Å²) in [6.07, 6.45) is 4.82. The molecule has 0 amide bonds. The molecule has 0 aliphatic heterocycles. The normalized spacial score (nSPS) is 17.1. The molecule has 1 aliphatic carbocycles. The maximum atomic E-state index is 12.7. The Morgan fingerprint density at radius 2 is 2.31 bits per heavy atom. The van der Waals surface area contributed by atoms with E-state index >= 15 is 0 Å². The number of nitriles is 1. The first-order chi connectivity index (χ1) is 12.5. The third-order valence-electron chi connectivity index (χ3n) is 4.89. The van der Waals surface area contributed by atoms with Crippen LogP contribution in [0.25, 0.3) is 21.9 Å². The van der Waals surface area contributed by atoms with E-state index in [1.165, 1.54) is 4.88 Å². The molecule has 1 N–H and O–H groups in total. The fourth-order valence-corrected chi connectivity index (χ4v) is 4.94. The lowest BCUT2D eigenvalue weighted by molar-refractivity contribution is 0.509. The average Bonchev–Trinajstić information content (AvgIpc) is 2.97. The van der Waals surface area contributed by atoms with Gasteiger partial charge in [0.25, 0.3) is 5.56 Å². The molecule has 1 aliphatic rings. The van der Waals surface area contributed by atoms with Crippen LogP contribution in [-0.2, 0) is 12.8 Å². The summed E-state index contributed by atoms with van der Waals surface area (Å²) in [6.45, 7) is 4.25. The lowest BCUT2D eigenvalue weighted by Crippen LogP contribution is -2.14. The monoisotopic (exact) mass is 361 g/mol. The Morgan fingerprint density at radius 3 is 3.08 bits per heavy atom. The maximum absolute atomic E-state index is 12.7. The van der Waals surface area contributed by atoms with Crippen molar-refractivity contribution in [2.45, 2.75) is 33.1 Å². The Balaban J connectivity index is 1.84. The topological polar surface area (TPSA) is 69.5 Å². The van der Waals surface area contributed by atoms with Crippen molar-refractivity contribution in [2.75, 3.05) is 0 Å². The first-order valence-electron chi connectivity index (χ1n) is 8.78. The summed E-state index contributed by atoms with van der Waals surface area (Å²) in [5.74, 6) is 0.989. The zero-order chi connectivity index (χ0) is 18.3. The number of hydrogen-bond donors (Lipinski definition) is 1. The van der Waals surface area contributed by atoms with Gasteiger partial charge < -0.3 is 4.98 Å². The maximum Gasteiger partial charge on any atom is 0.260 e. The summed E-state index contributed by atoms with van der Waals surface area (Å²) < 4.78 is 0. The van der Waals surface area contributed by atoms with E-state index < -0.39 is 0 Å². The molecule has 0 saturated carbocycles. The van der Waals surface area contributed by atoms with Gasteiger partial charge in [-0.25, -0.2) is 4.98 Å². The van der Waals surface area contributed by atoms with E-state index in [4.69, 9.17) is 0 Å². The van der Waals surface area contributed by atoms with Crippen LogP contribution >= 0.6 is 11.3 Å². The van der Waals surface area contributed by atoms with Gasteiger partial charge in [0.15, 0.2) is 5.82 Å². The van der Waals surface area contributed by atoms with Gasteiger partial charge >= 0.3 is 0 Å². The predicted octanol–water partition coefficient (Wildman–Crippen LogP) is 4.48. The van der Waals surface area contributed by atoms with Gasteiger partial charge in [0.1, 0.15) is 10.9 Å². The van der Waals surface area contributed by atoms with Gasteiger partial charge in [-0.05, 0) is 49.3 Å². The molecule has 2 aromatic heterocycles. The van der Waals surface area contributed by atoms with E-state index in [1.54, 1.807) is 17.4 Å². The molecule has 0 saturated heterocycles. The zero-order valence-electron chi connectivity index (χ0n) is 14.8. The first kappa shape index (κ1) is 16.7. The molecule has 0 spiro atoms. The summed E-state index contributed by atoms with van der Waals surface area (Å²) in [6, 6.07) is 10.1. The molecule has 3 aromatic rings. The average molecular weight is 361 g/mol. The number of nitrogens with one attached hydrogen (secondary N) is 1. The second-order valence-electron chi connectivity index (χ2n) is 7.03. The number of fused-ring (bicyclic) bond motifs is 3. The minimum atomic E-state index is -0.137. The van der Waals surface area contributed by atoms with Crippen LogP contribution < -0.4 is 5.56 Å². The van der Waals surface area contributed by atoms with E-state index in [-0.39, 0.29) is 5.56 Å². The molecule has 26 heavy (non-hydrogen) atoms. The zero-order valence-corrected chi connectivity index (χ0v) is 15.6. The van der Waals surface area contributed by atoms with E-state index in [0.717, 1.165) is 40.8 Å². The number of nitrogens with zero attached hydrogens (tertiary/aromatic N) is 2. The van der Waals surface area contributed by atoms with E-state index in [0.29, 0.717) is 22.7 Å². The highest BCUT2D eigenvalue weighted by Gasteiger charge is 2.23. The fraction of sp³-hybridized carbons (Fsp3) is 0.286. The number of thiophene rings is 1. The van der Waals surface area contributed by atoms with Crippen LogP contribution in [0.15, 0.2) is 29.1 Å². The van der Waals surface area contributed by atoms with Crippen molar-refractivity contribution in [1.29, 1.82) is 5.26 Å². The Labute approximate surface area is 155 Å². The predicted molar refractivity (Wildman–Crippen MR) is 106 cm³/mol. The highest BCUT2D eigenvalue weighted by Crippen LogP contribution is 2.35. The standard InChI is InChI=1S/C21H19N3OS/c1-12-4-3-5-14(8-12)10-15(11-22)19-23-20(25)18-16-7-6-13(2)9-17(16)26-21(18)24-19/h3-5,8,10,13H,6-7,9H2,1-2H3,(H,23,24,25)/b15-10-. The molecule has 1 aromatic carbocycles. The molecule has 0 fully saturated rings. The minimum Gasteiger partial charge on any atom is -0.305 e. The molecule has 130 valence electrons. The number of H-pyrrole nitrogens is 1. The van der Waals surface area contributed by atoms with Crippen LogP contribution in [0.2, 0.25) is 0 Å². The van der Waals surface area contributed by atoms with Crippen molar-refractivity contribution in [3.8, 4) is 6.07 Å². The molecule has 5 heteroatoms. The second kappa shape index (κ2) is 6.54. The minimum absolute atomic E-state index is 0.137. The Hall–Kier alpha value is -2.71. The van der Waals surface area contributed by atoms with Crippen LogP contribution in [0.4, 0.5) is 0 Å². The summed E-state index contributed by atoms with van der Waals surface area (Å²) in [5, 5.41) is 10.3. The van der Waals surface area contributed by atoms with Crippen molar-refractivity contribution < 1.29 is 0 Å². The Bertz CT molecular complexity index is 1130. The summed E-state index contributed by atoms with van der Waals surface area (Å²) >= 11 is 1.60. The molecular formula is C21H19N3OS. The third kappa shape index (κ3) is 2.97. The quantitative estimate of drug-likeness (QED) is 0.684. The number of allylic oxidation sites excluding steroid dienone is 1. The molecule has 2 heterocycles. The van der Waals surface area contributed by atoms with Gasteiger partial charge in [0.2, 0.25) is 0 Å². The van der Waals surface area contributed by atoms with Crippen molar-refractivity contribution in [1.82, 2.24) is 9.97 Å². The first-order valence-corrected chi connectivity index (χ1v) is 9.60. The molecule has 4 nitrogen and oxygen atoms in total. The lowest BCUT2D eigenvalue weighted by Gasteiger charge is -2.17. The summed E-state index contributed by atoms with van der Waals surface area (Å²) in [7, 11) is 0. The molecule has 0 bridgehead atoms. The SMILES string of the molecule is Cc1cccc(/C=C(/C#N)c2nc3sc4c(c3c(=O)[nH]2)CCC(C)C4)c1. The lowest BCUT2D eigenvalue weighted by atomic mass is 9.89. The summed E-state index contributed by atoms with van der Waals surface area (Å²) in [5.41, 5.74) is 3.43. The molecular weight excluding hydrogens is 342 g/mol. The number of hydrogen-bond acceptors (Lipinski definition) is 4. The largest absolute Gasteiger partial charge is 0.305 e. The van der Waals surface area contributed by atoms with Crippen molar-refractivity contribution in [3.63, 3.8) is 0 Å². The van der Waals surface area contributed by atoms with Crippen LogP contribution in [0.1, 0.15) is 40.7 Å². The molecule has 1 unspecified atom stereocenters. The van der Waals surface area contributed by atoms with E-state index in [1.807, 2.05) is 31.2 Å². The second-order valence-corrected chi connectivity index (χ2v) is 8.11. The highest BCUT2D eigenvalue weighted by molar-refractivity contribution is 7.18. The van der Waals surface area contributed by atoms with Gasteiger partial charge in [0.05, 0.1) is 11.0 Å². The third-order valence-corrected chi connectivity index (χ3v) is 6.04. The van der Waals surface area contributed by atoms with Gasteiger partial charge in [-0.3, -0.25) is 4.79 Å². The molecule has 1 atom stereocenters. The van der Waals surface area contributed by atoms with Crippen molar-refractivity contribution >= 4 is 33.2 Å². The van der Waals surface area contributed by atoms with E-state index in [2.05, 4.69) is 23.0 Å². The number of aromatic nitrogens is 2. The molecule has 0 radical (unpaired) electrons. The van der Waals surface area contributed by atoms with Gasteiger partial charge in [0, 0.05) is 4.88 Å². The van der Waals surface area contributed by atoms with Gasteiger partial charge in [-0.15, -0.1) is 11.3 Å². The number of aromatic amines is 1. The Kier molecular flexibility index (Phi) is 4.21. The van der Waals surface area contributed by atoms with Crippen LogP contribution in [0, 0.1) is 24.2 Å². The fourth-order valence-electron chi connectivity index (χ4n) is 3.56. The van der Waals surface area contributed by atoms with Crippen LogP contribution in [-0.4, -0.2) is 9.97 Å². The number of benzene rings is 1. The van der Waals surface area contributed by atoms with Crippen LogP contribution in [0.3, 0.4) is 0 Å². The van der Waals surface area contributed by atoms with Gasteiger partial charge in [-0.2, -0.15) is 5.26 Å². The van der Waals surface area contributed by atoms with Crippen molar-refractivity contribution in [2.24, 2.45) is 5.92 Å². The molecule has 4 rings (SSSR count). The van der Waals surface area contributed by atoms with Crippen molar-refractivity contribution in [3.05, 3.63) is 62.0 Å². The van der Waals surface area contributed by atoms with Gasteiger partial charge in [-0.1, -0.05) is 36.8 Å². The highest BCUT2D eigenvalue weighted by atomic mass is 32.1. The number of rotatable bonds is 2. The Morgan fingerprint density at radius 1 is 1.46 bits per heavy atom.